The molecule has 0 spiro atoms. The first-order chi connectivity index (χ1) is 5.74. The van der Waals surface area contributed by atoms with E-state index in [0.717, 1.165) is 17.0 Å². The van der Waals surface area contributed by atoms with Crippen molar-refractivity contribution in [3.63, 3.8) is 0 Å². The first kappa shape index (κ1) is 13.1. The van der Waals surface area contributed by atoms with Gasteiger partial charge in [0.25, 0.3) is 0 Å². The van der Waals surface area contributed by atoms with Gasteiger partial charge in [-0.25, -0.2) is 0 Å². The molecule has 74 valence electrons. The van der Waals surface area contributed by atoms with Crippen LogP contribution in [0.2, 0.25) is 5.02 Å². The average molecular weight is 241 g/mol. The molecule has 2 N–H and O–H groups in total. The van der Waals surface area contributed by atoms with Crippen molar-refractivity contribution in [2.75, 3.05) is 5.88 Å². The lowest BCUT2D eigenvalue weighted by molar-refractivity contribution is 0.703. The number of benzene rings is 1. The van der Waals surface area contributed by atoms with Crippen LogP contribution in [0.15, 0.2) is 24.3 Å². The van der Waals surface area contributed by atoms with Gasteiger partial charge in [0.15, 0.2) is 0 Å². The van der Waals surface area contributed by atoms with E-state index in [1.54, 1.807) is 0 Å². The molecule has 0 saturated heterocycles. The van der Waals surface area contributed by atoms with Crippen molar-refractivity contribution >= 4 is 35.6 Å². The highest BCUT2D eigenvalue weighted by Crippen LogP contribution is 2.17. The highest BCUT2D eigenvalue weighted by molar-refractivity contribution is 6.30. The van der Waals surface area contributed by atoms with E-state index in [-0.39, 0.29) is 18.4 Å². The van der Waals surface area contributed by atoms with E-state index >= 15 is 0 Å². The molecule has 1 aromatic carbocycles. The SMILES string of the molecule is Cl.N[C@@H](CCCl)c1ccc(Cl)cc1. The molecule has 0 bridgehead atoms. The Bertz CT molecular complexity index is 235. The van der Waals surface area contributed by atoms with Gasteiger partial charge in [0.2, 0.25) is 0 Å². The van der Waals surface area contributed by atoms with Crippen LogP contribution in [-0.2, 0) is 0 Å². The minimum absolute atomic E-state index is 0. The largest absolute Gasteiger partial charge is 0.324 e. The molecule has 0 radical (unpaired) electrons. The van der Waals surface area contributed by atoms with Crippen LogP contribution in [0.4, 0.5) is 0 Å². The van der Waals surface area contributed by atoms with E-state index in [0.29, 0.717) is 5.88 Å². The predicted molar refractivity (Wildman–Crippen MR) is 61.0 cm³/mol. The molecular weight excluding hydrogens is 228 g/mol. The van der Waals surface area contributed by atoms with Gasteiger partial charge in [-0.3, -0.25) is 0 Å². The smallest absolute Gasteiger partial charge is 0.0406 e. The second-order valence-corrected chi connectivity index (χ2v) is 3.45. The molecule has 0 saturated carbocycles. The average Bonchev–Trinajstić information content (AvgIpc) is 2.06. The summed E-state index contributed by atoms with van der Waals surface area (Å²) >= 11 is 11.3. The van der Waals surface area contributed by atoms with Crippen LogP contribution in [0.5, 0.6) is 0 Å². The molecule has 1 atom stereocenters. The summed E-state index contributed by atoms with van der Waals surface area (Å²) in [7, 11) is 0. The lowest BCUT2D eigenvalue weighted by atomic mass is 10.1. The van der Waals surface area contributed by atoms with Crippen LogP contribution in [-0.4, -0.2) is 5.88 Å². The third-order valence-electron chi connectivity index (χ3n) is 1.72. The third-order valence-corrected chi connectivity index (χ3v) is 2.19. The summed E-state index contributed by atoms with van der Waals surface area (Å²) in [5, 5.41) is 0.733. The maximum Gasteiger partial charge on any atom is 0.0406 e. The van der Waals surface area contributed by atoms with Crippen LogP contribution in [0.1, 0.15) is 18.0 Å². The minimum atomic E-state index is 0. The molecule has 4 heteroatoms. The Hall–Kier alpha value is 0.0500. The predicted octanol–water partition coefficient (Wildman–Crippen LogP) is 3.39. The van der Waals surface area contributed by atoms with Gasteiger partial charge >= 0.3 is 0 Å². The van der Waals surface area contributed by atoms with E-state index in [1.165, 1.54) is 0 Å². The second kappa shape index (κ2) is 6.50. The van der Waals surface area contributed by atoms with Gasteiger partial charge in [0, 0.05) is 16.9 Å². The molecule has 1 rings (SSSR count). The molecule has 0 aliphatic rings. The van der Waals surface area contributed by atoms with Crippen LogP contribution < -0.4 is 5.73 Å². The minimum Gasteiger partial charge on any atom is -0.324 e. The van der Waals surface area contributed by atoms with Crippen molar-refractivity contribution in [2.24, 2.45) is 5.73 Å². The number of rotatable bonds is 3. The maximum atomic E-state index is 5.83. The molecule has 0 aliphatic heterocycles. The highest BCUT2D eigenvalue weighted by Gasteiger charge is 2.03. The summed E-state index contributed by atoms with van der Waals surface area (Å²) in [5.74, 6) is 0.587. The number of hydrogen-bond acceptors (Lipinski definition) is 1. The molecule has 1 nitrogen and oxygen atoms in total. The van der Waals surface area contributed by atoms with Crippen molar-refractivity contribution in [2.45, 2.75) is 12.5 Å². The lowest BCUT2D eigenvalue weighted by Gasteiger charge is -2.09. The Morgan fingerprint density at radius 3 is 2.23 bits per heavy atom. The monoisotopic (exact) mass is 239 g/mol. The van der Waals surface area contributed by atoms with Gasteiger partial charge in [0.1, 0.15) is 0 Å². The van der Waals surface area contributed by atoms with E-state index in [2.05, 4.69) is 0 Å². The van der Waals surface area contributed by atoms with E-state index in [9.17, 15) is 0 Å². The zero-order valence-corrected chi connectivity index (χ0v) is 9.37. The van der Waals surface area contributed by atoms with Gasteiger partial charge in [-0.1, -0.05) is 23.7 Å². The normalized spacial score (nSPS) is 11.9. The van der Waals surface area contributed by atoms with Gasteiger partial charge in [-0.15, -0.1) is 24.0 Å². The van der Waals surface area contributed by atoms with Crippen LogP contribution in [0.25, 0.3) is 0 Å². The fraction of sp³-hybridized carbons (Fsp3) is 0.333. The molecule has 0 heterocycles. The zero-order valence-electron chi connectivity index (χ0n) is 7.04. The van der Waals surface area contributed by atoms with E-state index < -0.39 is 0 Å². The number of alkyl halides is 1. The van der Waals surface area contributed by atoms with Crippen molar-refractivity contribution < 1.29 is 0 Å². The number of halogens is 3. The fourth-order valence-electron chi connectivity index (χ4n) is 0.994. The Labute approximate surface area is 94.6 Å². The van der Waals surface area contributed by atoms with Crippen molar-refractivity contribution in [1.29, 1.82) is 0 Å². The molecule has 0 aliphatic carbocycles. The van der Waals surface area contributed by atoms with Crippen LogP contribution >= 0.6 is 35.6 Å². The van der Waals surface area contributed by atoms with Gasteiger partial charge < -0.3 is 5.73 Å². The fourth-order valence-corrected chi connectivity index (χ4v) is 1.36. The van der Waals surface area contributed by atoms with Crippen molar-refractivity contribution in [1.82, 2.24) is 0 Å². The Morgan fingerprint density at radius 1 is 1.23 bits per heavy atom. The topological polar surface area (TPSA) is 26.0 Å². The summed E-state index contributed by atoms with van der Waals surface area (Å²) in [6.45, 7) is 0. The van der Waals surface area contributed by atoms with E-state index in [4.69, 9.17) is 28.9 Å². The number of nitrogens with two attached hydrogens (primary N) is 1. The first-order valence-electron chi connectivity index (χ1n) is 3.81. The molecule has 0 amide bonds. The highest BCUT2D eigenvalue weighted by atomic mass is 35.5. The molecular formula is C9H12Cl3N. The zero-order chi connectivity index (χ0) is 8.97. The molecule has 1 aromatic rings. The number of hydrogen-bond donors (Lipinski definition) is 1. The standard InChI is InChI=1S/C9H11Cl2N.ClH/c10-6-5-9(12)7-1-3-8(11)4-2-7;/h1-4,9H,5-6,12H2;1H/t9-;/m0./s1. The van der Waals surface area contributed by atoms with Crippen LogP contribution in [0, 0.1) is 0 Å². The molecule has 0 aromatic heterocycles. The lowest BCUT2D eigenvalue weighted by Crippen LogP contribution is -2.10. The van der Waals surface area contributed by atoms with Crippen LogP contribution in [0.3, 0.4) is 0 Å². The Kier molecular flexibility index (Phi) is 6.52. The summed E-state index contributed by atoms with van der Waals surface area (Å²) in [5.41, 5.74) is 6.91. The molecule has 0 fully saturated rings. The second-order valence-electron chi connectivity index (χ2n) is 2.64. The summed E-state index contributed by atoms with van der Waals surface area (Å²) in [6.07, 6.45) is 0.795. The van der Waals surface area contributed by atoms with Crippen molar-refractivity contribution in [3.8, 4) is 0 Å². The Balaban J connectivity index is 0.00000144. The summed E-state index contributed by atoms with van der Waals surface area (Å²) in [4.78, 5) is 0. The quantitative estimate of drug-likeness (QED) is 0.805. The maximum absolute atomic E-state index is 5.83. The van der Waals surface area contributed by atoms with Crippen molar-refractivity contribution in [3.05, 3.63) is 34.9 Å². The van der Waals surface area contributed by atoms with Gasteiger partial charge in [-0.2, -0.15) is 0 Å². The first-order valence-corrected chi connectivity index (χ1v) is 4.72. The summed E-state index contributed by atoms with van der Waals surface area (Å²) < 4.78 is 0. The molecule has 0 unspecified atom stereocenters. The third kappa shape index (κ3) is 4.19. The van der Waals surface area contributed by atoms with E-state index in [1.807, 2.05) is 24.3 Å². The van der Waals surface area contributed by atoms with Gasteiger partial charge in [0.05, 0.1) is 0 Å². The van der Waals surface area contributed by atoms with Gasteiger partial charge in [-0.05, 0) is 24.1 Å². The summed E-state index contributed by atoms with van der Waals surface area (Å²) in [6, 6.07) is 7.56. The molecule has 13 heavy (non-hydrogen) atoms. The Morgan fingerprint density at radius 2 is 1.77 bits per heavy atom.